The van der Waals surface area contributed by atoms with Crippen LogP contribution in [-0.2, 0) is 229 Å². The van der Waals surface area contributed by atoms with E-state index < -0.39 is 0 Å². The van der Waals surface area contributed by atoms with Gasteiger partial charge < -0.3 is 41.5 Å². The zero-order valence-corrected chi connectivity index (χ0v) is 54.8. The van der Waals surface area contributed by atoms with Gasteiger partial charge in [0.25, 0.3) is 0 Å². The summed E-state index contributed by atoms with van der Waals surface area (Å²) in [6, 6.07) is 0. The second kappa shape index (κ2) is 627. The van der Waals surface area contributed by atoms with Gasteiger partial charge in [-0.05, 0) is 0 Å². The molecule has 0 N–H and O–H groups in total. The Hall–Kier alpha value is 7.73. The molecule has 0 heterocycles. The maximum Gasteiger partial charge on any atom is 3.00 e. The van der Waals surface area contributed by atoms with Crippen LogP contribution in [0.1, 0.15) is 208 Å². The predicted octanol–water partition coefficient (Wildman–Crippen LogP) is 17.3. The Labute approximate surface area is 468 Å². The van der Waals surface area contributed by atoms with Gasteiger partial charge in [0.15, 0.2) is 0 Å². The molecule has 270 valence electrons. The van der Waals surface area contributed by atoms with E-state index in [1.54, 1.807) is 0 Å². The third-order valence-electron chi connectivity index (χ3n) is 0. The van der Waals surface area contributed by atoms with E-state index in [0.29, 0.717) is 0 Å². The average molecular weight is 1160 g/mol. The molecule has 0 bridgehead atoms. The largest absolute Gasteiger partial charge is 3.00 e. The fraction of sp³-hybridized carbons (Fsp3) is 0.833. The normalized spacial score (nSPS) is 3.35. The Morgan fingerprint density at radius 1 is 0.279 bits per heavy atom. The molecule has 0 aliphatic rings. The summed E-state index contributed by atoms with van der Waals surface area (Å²) in [4.78, 5) is 0. The van der Waals surface area contributed by atoms with Gasteiger partial charge in [-0.2, -0.15) is 41.5 Å². The van der Waals surface area contributed by atoms with Crippen LogP contribution in [0, 0.1) is 41.5 Å². The summed E-state index contributed by atoms with van der Waals surface area (Å²) >= 11 is 0. The van der Waals surface area contributed by atoms with Crippen molar-refractivity contribution in [3.63, 3.8) is 0 Å². The van der Waals surface area contributed by atoms with Crippen molar-refractivity contribution in [2.75, 3.05) is 0 Å². The molecule has 0 saturated heterocycles. The molecular weight excluding hydrogens is 1050 g/mol. The number of hydrogen-bond donors (Lipinski definition) is 0. The molecule has 0 amide bonds. The first kappa shape index (κ1) is 190. The first-order valence-electron chi connectivity index (χ1n) is 13.7. The molecule has 0 aliphatic heterocycles. The van der Waals surface area contributed by atoms with Crippen molar-refractivity contribution in [2.45, 2.75) is 208 Å². The third-order valence-corrected chi connectivity index (χ3v) is 0. The zero-order chi connectivity index (χ0) is 28.2. The van der Waals surface area contributed by atoms with Crippen molar-refractivity contribution in [3.05, 3.63) is 41.5 Å². The van der Waals surface area contributed by atoms with E-state index >= 15 is 0 Å². The standard InChI is InChI=1S/3C3H8.3C3H7.6C2H6.3CH4.3CH3.7Y/c6*1-3-2;6*1-2;;;;;;;;;;;;;/h3*3H2,1-2H3;3*3H,1-2H3;6*1-2H3;3*1H4;3*1H3;;;;;;;/q;;;3*-1;;;;;;;;;;3*-1;;;;;;;+3. The zero-order valence-electron chi connectivity index (χ0n) is 34.9. The molecule has 0 aromatic rings. The molecule has 43 heavy (non-hydrogen) atoms. The quantitative estimate of drug-likeness (QED) is 0.212. The van der Waals surface area contributed by atoms with Crippen LogP contribution in [0.25, 0.3) is 0 Å². The van der Waals surface area contributed by atoms with E-state index in [0.717, 1.165) is 0 Å². The Balaban J connectivity index is -0.00000000349. The van der Waals surface area contributed by atoms with Crippen LogP contribution in [0.15, 0.2) is 0 Å². The minimum absolute atomic E-state index is 0. The van der Waals surface area contributed by atoms with Crippen molar-refractivity contribution in [3.8, 4) is 0 Å². The Morgan fingerprint density at radius 3 is 0.279 bits per heavy atom. The summed E-state index contributed by atoms with van der Waals surface area (Å²) in [6.45, 7) is 48.8. The Bertz CT molecular complexity index is 43.1. The van der Waals surface area contributed by atoms with Gasteiger partial charge in [0.05, 0.1) is 0 Å². The first-order chi connectivity index (χ1) is 14.5. The third kappa shape index (κ3) is 1900. The van der Waals surface area contributed by atoms with Gasteiger partial charge in [-0.15, -0.1) is 0 Å². The van der Waals surface area contributed by atoms with E-state index in [-0.39, 0.29) is 274 Å². The fourth-order valence-electron chi connectivity index (χ4n) is 0. The second-order valence-electron chi connectivity index (χ2n) is 3.85. The van der Waals surface area contributed by atoms with E-state index in [4.69, 9.17) is 0 Å². The van der Waals surface area contributed by atoms with E-state index in [2.05, 4.69) is 41.5 Å². The molecule has 0 fully saturated rings. The SMILES string of the molecule is C.C.C.CC.CC.CC.CC.CC.CC.CCC.CCC.CCC.C[CH-]C.C[CH-]C.C[CH-]C.[CH3-].[CH3-].[CH3-].[Y+3].[Y].[Y].[Y].[Y].[Y].[Y]. The smallest absolute Gasteiger partial charge is 0.358 e. The van der Waals surface area contributed by atoms with E-state index in [9.17, 15) is 0 Å². The summed E-state index contributed by atoms with van der Waals surface area (Å²) in [5.74, 6) is 0. The monoisotopic (exact) mass is 1160 g/mol. The van der Waals surface area contributed by atoms with Crippen LogP contribution in [0.3, 0.4) is 0 Å². The van der Waals surface area contributed by atoms with Crippen LogP contribution < -0.4 is 0 Å². The molecule has 0 nitrogen and oxygen atoms in total. The maximum atomic E-state index is 2.12. The Morgan fingerprint density at radius 2 is 0.279 bits per heavy atom. The average Bonchev–Trinajstić information content (AvgIpc) is 2.80. The van der Waals surface area contributed by atoms with Gasteiger partial charge in [0, 0.05) is 196 Å². The van der Waals surface area contributed by atoms with Crippen LogP contribution in [0.2, 0.25) is 0 Å². The summed E-state index contributed by atoms with van der Waals surface area (Å²) in [5.41, 5.74) is 0. The van der Waals surface area contributed by atoms with Crippen LogP contribution in [0.4, 0.5) is 0 Å². The van der Waals surface area contributed by atoms with Gasteiger partial charge >= 0.3 is 32.7 Å². The molecule has 0 aromatic carbocycles. The maximum absolute atomic E-state index is 2.12. The van der Waals surface area contributed by atoms with Crippen molar-refractivity contribution in [2.24, 2.45) is 0 Å². The minimum atomic E-state index is 0. The fourth-order valence-corrected chi connectivity index (χ4v) is 0. The van der Waals surface area contributed by atoms with E-state index in [1.165, 1.54) is 19.3 Å². The molecule has 0 aromatic heterocycles. The van der Waals surface area contributed by atoms with Crippen molar-refractivity contribution >= 4 is 0 Å². The van der Waals surface area contributed by atoms with Gasteiger partial charge in [0.1, 0.15) is 0 Å². The number of rotatable bonds is 0. The topological polar surface area (TPSA) is 0 Å². The van der Waals surface area contributed by atoms with Crippen molar-refractivity contribution in [1.82, 2.24) is 0 Å². The molecule has 0 saturated carbocycles. The first-order valence-corrected chi connectivity index (χ1v) is 13.7. The molecule has 0 unspecified atom stereocenters. The van der Waals surface area contributed by atoms with Gasteiger partial charge in [-0.25, -0.2) is 0 Å². The Kier molecular flexibility index (Phi) is 2760. The van der Waals surface area contributed by atoms with Crippen molar-refractivity contribution < 1.29 is 229 Å². The van der Waals surface area contributed by atoms with E-state index in [1.807, 2.05) is 144 Å². The molecule has 0 rings (SSSR count). The molecule has 0 atom stereocenters. The summed E-state index contributed by atoms with van der Waals surface area (Å²) < 4.78 is 0. The summed E-state index contributed by atoms with van der Waals surface area (Å²) in [5, 5.41) is 0. The molecule has 6 radical (unpaired) electrons. The summed E-state index contributed by atoms with van der Waals surface area (Å²) in [7, 11) is 0. The predicted molar refractivity (Wildman–Crippen MR) is 202 cm³/mol. The minimum Gasteiger partial charge on any atom is -0.358 e. The van der Waals surface area contributed by atoms with Gasteiger partial charge in [-0.1, -0.05) is 166 Å². The van der Waals surface area contributed by atoms with Crippen molar-refractivity contribution in [1.29, 1.82) is 0 Å². The molecule has 7 heteroatoms. The molecule has 0 spiro atoms. The van der Waals surface area contributed by atoms with Crippen LogP contribution in [-0.4, -0.2) is 0 Å². The second-order valence-corrected chi connectivity index (χ2v) is 3.85. The molecular formula is C36H102Y7-3. The van der Waals surface area contributed by atoms with Gasteiger partial charge in [0.2, 0.25) is 0 Å². The molecule has 0 aliphatic carbocycles. The van der Waals surface area contributed by atoms with Crippen LogP contribution >= 0.6 is 0 Å². The van der Waals surface area contributed by atoms with Gasteiger partial charge in [-0.3, -0.25) is 0 Å². The van der Waals surface area contributed by atoms with Crippen LogP contribution in [0.5, 0.6) is 0 Å². The number of hydrogen-bond acceptors (Lipinski definition) is 0. The summed E-state index contributed by atoms with van der Waals surface area (Å²) in [6.07, 6.45) is 9.75.